The van der Waals surface area contributed by atoms with E-state index < -0.39 is 23.9 Å². The molecule has 1 amide bonds. The van der Waals surface area contributed by atoms with Gasteiger partial charge in [0.05, 0.1) is 5.39 Å². The zero-order valence-electron chi connectivity index (χ0n) is 25.2. The van der Waals surface area contributed by atoms with Crippen molar-refractivity contribution in [3.63, 3.8) is 0 Å². The van der Waals surface area contributed by atoms with Crippen molar-refractivity contribution >= 4 is 34.8 Å². The van der Waals surface area contributed by atoms with E-state index >= 15 is 0 Å². The Bertz CT molecular complexity index is 1830. The Labute approximate surface area is 265 Å². The number of carbonyl (C=O) groups excluding carboxylic acids is 3. The highest BCUT2D eigenvalue weighted by molar-refractivity contribution is 5.97. The van der Waals surface area contributed by atoms with Crippen molar-refractivity contribution in [2.75, 3.05) is 5.73 Å². The molecule has 0 radical (unpaired) electrons. The Balaban J connectivity index is 1.16. The van der Waals surface area contributed by atoms with E-state index in [2.05, 4.69) is 20.3 Å². The summed E-state index contributed by atoms with van der Waals surface area (Å²) in [5.74, 6) is -1.53. The van der Waals surface area contributed by atoms with Crippen molar-refractivity contribution in [1.29, 1.82) is 0 Å². The molecule has 5 rings (SSSR count). The summed E-state index contributed by atoms with van der Waals surface area (Å²) in [5.41, 5.74) is 9.68. The van der Waals surface area contributed by atoms with E-state index in [1.165, 1.54) is 0 Å². The number of amides is 1. The predicted molar refractivity (Wildman–Crippen MR) is 173 cm³/mol. The molecule has 0 fully saturated rings. The van der Waals surface area contributed by atoms with E-state index in [9.17, 15) is 19.2 Å². The third-order valence-electron chi connectivity index (χ3n) is 7.46. The van der Waals surface area contributed by atoms with Crippen molar-refractivity contribution in [1.82, 2.24) is 20.3 Å². The first-order chi connectivity index (χ1) is 22.4. The quantitative estimate of drug-likeness (QED) is 0.133. The molecule has 5 aromatic rings. The summed E-state index contributed by atoms with van der Waals surface area (Å²) in [6, 6.07) is 24.5. The van der Waals surface area contributed by atoms with E-state index in [1.807, 2.05) is 72.8 Å². The third-order valence-corrected chi connectivity index (χ3v) is 7.46. The van der Waals surface area contributed by atoms with E-state index in [-0.39, 0.29) is 37.6 Å². The molecule has 11 heteroatoms. The van der Waals surface area contributed by atoms with Gasteiger partial charge in [-0.25, -0.2) is 4.79 Å². The maximum atomic E-state index is 13.2. The van der Waals surface area contributed by atoms with Crippen LogP contribution in [0.2, 0.25) is 0 Å². The second-order valence-corrected chi connectivity index (χ2v) is 10.8. The first-order valence-electron chi connectivity index (χ1n) is 15.0. The number of ether oxygens (including phenoxy) is 2. The maximum absolute atomic E-state index is 13.2. The molecule has 0 saturated heterocycles. The SMILES string of the molecule is Nc1nc2[nH]cc(CCCc3ccc(C(=O)N[C@@H](CCC(=O)OCc4ccccc4)C(=O)OCc4ccccc4)cc3)c2c(=O)[nH]1. The van der Waals surface area contributed by atoms with E-state index in [1.54, 1.807) is 18.3 Å². The molecule has 1 atom stereocenters. The topological polar surface area (TPSA) is 169 Å². The van der Waals surface area contributed by atoms with Crippen LogP contribution in [0.3, 0.4) is 0 Å². The summed E-state index contributed by atoms with van der Waals surface area (Å²) >= 11 is 0. The molecule has 0 bridgehead atoms. The fraction of sp³-hybridized carbons (Fsp3) is 0.229. The Morgan fingerprint density at radius 2 is 1.48 bits per heavy atom. The van der Waals surface area contributed by atoms with Gasteiger partial charge in [-0.1, -0.05) is 72.8 Å². The van der Waals surface area contributed by atoms with Gasteiger partial charge in [0, 0.05) is 18.2 Å². The Hall–Kier alpha value is -5.71. The lowest BCUT2D eigenvalue weighted by molar-refractivity contribution is -0.148. The van der Waals surface area contributed by atoms with Crippen LogP contribution in [0.25, 0.3) is 11.0 Å². The number of nitrogens with two attached hydrogens (primary N) is 1. The van der Waals surface area contributed by atoms with E-state index in [0.29, 0.717) is 29.4 Å². The van der Waals surface area contributed by atoms with Crippen molar-refractivity contribution in [2.24, 2.45) is 0 Å². The summed E-state index contributed by atoms with van der Waals surface area (Å²) in [6.45, 7) is 0.157. The van der Waals surface area contributed by atoms with Crippen LogP contribution in [0, 0.1) is 0 Å². The number of aryl methyl sites for hydroxylation is 2. The first kappa shape index (κ1) is 31.7. The zero-order valence-corrected chi connectivity index (χ0v) is 25.2. The van der Waals surface area contributed by atoms with Gasteiger partial charge in [0.2, 0.25) is 5.95 Å². The van der Waals surface area contributed by atoms with Crippen molar-refractivity contribution in [3.05, 3.63) is 129 Å². The second-order valence-electron chi connectivity index (χ2n) is 10.8. The molecule has 2 aromatic heterocycles. The normalized spacial score (nSPS) is 11.6. The number of hydrogen-bond donors (Lipinski definition) is 4. The largest absolute Gasteiger partial charge is 0.461 e. The molecule has 0 unspecified atom stereocenters. The fourth-order valence-electron chi connectivity index (χ4n) is 5.02. The number of nitrogen functional groups attached to an aromatic ring is 1. The molecular weight excluding hydrogens is 586 g/mol. The maximum Gasteiger partial charge on any atom is 0.328 e. The number of H-pyrrole nitrogens is 2. The smallest absolute Gasteiger partial charge is 0.328 e. The number of carbonyl (C=O) groups is 3. The minimum atomic E-state index is -1.05. The van der Waals surface area contributed by atoms with Crippen LogP contribution in [0.4, 0.5) is 5.95 Å². The van der Waals surface area contributed by atoms with Gasteiger partial charge in [-0.15, -0.1) is 0 Å². The van der Waals surface area contributed by atoms with Gasteiger partial charge in [-0.3, -0.25) is 19.4 Å². The van der Waals surface area contributed by atoms with Crippen molar-refractivity contribution in [3.8, 4) is 0 Å². The molecule has 0 aliphatic heterocycles. The minimum Gasteiger partial charge on any atom is -0.461 e. The average Bonchev–Trinajstić information content (AvgIpc) is 3.48. The number of aromatic nitrogens is 3. The van der Waals surface area contributed by atoms with Crippen molar-refractivity contribution < 1.29 is 23.9 Å². The van der Waals surface area contributed by atoms with Gasteiger partial charge in [-0.05, 0) is 60.1 Å². The monoisotopic (exact) mass is 621 g/mol. The highest BCUT2D eigenvalue weighted by Crippen LogP contribution is 2.17. The van der Waals surface area contributed by atoms with Crippen LogP contribution in [-0.2, 0) is 45.1 Å². The van der Waals surface area contributed by atoms with Gasteiger partial charge in [0.15, 0.2) is 0 Å². The molecule has 0 aliphatic carbocycles. The number of nitrogens with zero attached hydrogens (tertiary/aromatic N) is 1. The van der Waals surface area contributed by atoms with Crippen LogP contribution in [0.5, 0.6) is 0 Å². The molecule has 5 N–H and O–H groups in total. The standard InChI is InChI=1S/C35H35N5O6/c36-35-39-31-30(33(43)40-35)27(20-37-31)13-7-12-23-14-16-26(17-15-23)32(42)38-28(34(44)46-22-25-10-5-2-6-11-25)18-19-29(41)45-21-24-8-3-1-4-9-24/h1-6,8-11,14-17,20,28H,7,12-13,18-19,21-22H2,(H,38,42)(H4,36,37,39,40,43)/t28-/m0/s1. The van der Waals surface area contributed by atoms with Gasteiger partial charge in [0.25, 0.3) is 11.5 Å². The number of nitrogens with one attached hydrogen (secondary N) is 3. The number of benzene rings is 3. The minimum absolute atomic E-state index is 0.0177. The number of esters is 2. The van der Waals surface area contributed by atoms with E-state index in [0.717, 1.165) is 28.7 Å². The summed E-state index contributed by atoms with van der Waals surface area (Å²) in [4.78, 5) is 60.6. The Morgan fingerprint density at radius 3 is 2.15 bits per heavy atom. The molecule has 11 nitrogen and oxygen atoms in total. The Kier molecular flexibility index (Phi) is 10.6. The number of fused-ring (bicyclic) bond motifs is 1. The molecule has 0 spiro atoms. The number of aromatic amines is 2. The molecule has 46 heavy (non-hydrogen) atoms. The van der Waals surface area contributed by atoms with Crippen molar-refractivity contribution in [2.45, 2.75) is 51.4 Å². The highest BCUT2D eigenvalue weighted by atomic mass is 16.5. The molecule has 3 aromatic carbocycles. The summed E-state index contributed by atoms with van der Waals surface area (Å²) in [6.07, 6.45) is 3.83. The van der Waals surface area contributed by atoms with Crippen LogP contribution >= 0.6 is 0 Å². The molecular formula is C35H35N5O6. The van der Waals surface area contributed by atoms with Crippen LogP contribution < -0.4 is 16.6 Å². The number of rotatable bonds is 14. The van der Waals surface area contributed by atoms with Gasteiger partial charge < -0.3 is 25.5 Å². The summed E-state index contributed by atoms with van der Waals surface area (Å²) < 4.78 is 10.8. The predicted octanol–water partition coefficient (Wildman–Crippen LogP) is 4.37. The van der Waals surface area contributed by atoms with Gasteiger partial charge in [0.1, 0.15) is 24.9 Å². The molecule has 0 saturated carbocycles. The Morgan fingerprint density at radius 1 is 0.826 bits per heavy atom. The number of hydrogen-bond acceptors (Lipinski definition) is 8. The van der Waals surface area contributed by atoms with E-state index in [4.69, 9.17) is 15.2 Å². The van der Waals surface area contributed by atoms with Crippen LogP contribution in [0.15, 0.2) is 95.9 Å². The van der Waals surface area contributed by atoms with Gasteiger partial charge in [-0.2, -0.15) is 4.98 Å². The highest BCUT2D eigenvalue weighted by Gasteiger charge is 2.24. The lowest BCUT2D eigenvalue weighted by Gasteiger charge is -2.18. The van der Waals surface area contributed by atoms with Gasteiger partial charge >= 0.3 is 11.9 Å². The first-order valence-corrected chi connectivity index (χ1v) is 15.0. The molecule has 0 aliphatic rings. The lowest BCUT2D eigenvalue weighted by Crippen LogP contribution is -2.42. The molecule has 236 valence electrons. The second kappa shape index (κ2) is 15.3. The zero-order chi connectivity index (χ0) is 32.3. The lowest BCUT2D eigenvalue weighted by atomic mass is 10.0. The fourth-order valence-corrected chi connectivity index (χ4v) is 5.02. The van der Waals surface area contributed by atoms with Crippen LogP contribution in [0.1, 0.15) is 51.9 Å². The number of anilines is 1. The molecule has 2 heterocycles. The summed E-state index contributed by atoms with van der Waals surface area (Å²) in [5, 5.41) is 3.24. The van der Waals surface area contributed by atoms with Crippen LogP contribution in [-0.4, -0.2) is 38.8 Å². The third kappa shape index (κ3) is 8.69. The summed E-state index contributed by atoms with van der Waals surface area (Å²) in [7, 11) is 0. The average molecular weight is 622 g/mol.